The van der Waals surface area contributed by atoms with Crippen LogP contribution in [0.3, 0.4) is 0 Å². The maximum atomic E-state index is 13.2. The maximum Gasteiger partial charge on any atom is 0.203 e. The number of hydrogen-bond donors (Lipinski definition) is 2. The van der Waals surface area contributed by atoms with E-state index in [9.17, 15) is 4.79 Å². The van der Waals surface area contributed by atoms with E-state index in [0.29, 0.717) is 30.1 Å². The minimum atomic E-state index is -0.0538. The van der Waals surface area contributed by atoms with E-state index in [1.54, 1.807) is 21.3 Å². The molecule has 1 aliphatic heterocycles. The first-order valence-electron chi connectivity index (χ1n) is 9.75. The van der Waals surface area contributed by atoms with Gasteiger partial charge in [0.1, 0.15) is 0 Å². The highest BCUT2D eigenvalue weighted by Crippen LogP contribution is 2.47. The van der Waals surface area contributed by atoms with Gasteiger partial charge in [-0.05, 0) is 31.5 Å². The zero-order chi connectivity index (χ0) is 20.5. The van der Waals surface area contributed by atoms with Crippen LogP contribution in [-0.4, -0.2) is 33.2 Å². The normalized spacial score (nSPS) is 20.6. The van der Waals surface area contributed by atoms with Gasteiger partial charge in [0.25, 0.3) is 0 Å². The summed E-state index contributed by atoms with van der Waals surface area (Å²) in [5.74, 6) is 1.91. The number of allylic oxidation sites excluding steroid dienone is 1. The number of anilines is 2. The topological polar surface area (TPSA) is 68.8 Å². The Balaban J connectivity index is 1.75. The van der Waals surface area contributed by atoms with E-state index in [-0.39, 0.29) is 17.7 Å². The van der Waals surface area contributed by atoms with Gasteiger partial charge >= 0.3 is 0 Å². The lowest BCUT2D eigenvalue weighted by atomic mass is 9.79. The minimum absolute atomic E-state index is 0.0130. The predicted octanol–water partition coefficient (Wildman–Crippen LogP) is 4.34. The molecule has 6 nitrogen and oxygen atoms in total. The van der Waals surface area contributed by atoms with Gasteiger partial charge in [0.15, 0.2) is 17.3 Å². The van der Waals surface area contributed by atoms with Crippen LogP contribution >= 0.6 is 0 Å². The molecule has 0 fully saturated rings. The summed E-state index contributed by atoms with van der Waals surface area (Å²) >= 11 is 0. The summed E-state index contributed by atoms with van der Waals surface area (Å²) in [6.45, 7) is 2.04. The van der Waals surface area contributed by atoms with Gasteiger partial charge in [-0.3, -0.25) is 4.79 Å². The SMILES string of the molecule is COc1ccc([C@H]2CC(=O)C3=C(C2)Nc2ccccc2N[C@@H]3C)c(OC)c1OC. The summed E-state index contributed by atoms with van der Waals surface area (Å²) in [6.07, 6.45) is 1.14. The van der Waals surface area contributed by atoms with Crippen molar-refractivity contribution in [1.82, 2.24) is 0 Å². The number of nitrogens with one attached hydrogen (secondary N) is 2. The number of benzene rings is 2. The summed E-state index contributed by atoms with van der Waals surface area (Å²) in [7, 11) is 4.80. The Hall–Kier alpha value is -3.15. The van der Waals surface area contributed by atoms with Crippen LogP contribution in [0.2, 0.25) is 0 Å². The molecular formula is C23H26N2O4. The molecule has 0 aromatic heterocycles. The van der Waals surface area contributed by atoms with Crippen molar-refractivity contribution >= 4 is 17.2 Å². The van der Waals surface area contributed by atoms with Gasteiger partial charge in [0.05, 0.1) is 38.7 Å². The number of para-hydroxylation sites is 2. The van der Waals surface area contributed by atoms with Gasteiger partial charge in [-0.1, -0.05) is 18.2 Å². The molecule has 0 saturated carbocycles. The van der Waals surface area contributed by atoms with Crippen molar-refractivity contribution in [3.05, 3.63) is 53.2 Å². The van der Waals surface area contributed by atoms with E-state index in [1.165, 1.54) is 0 Å². The van der Waals surface area contributed by atoms with E-state index in [1.807, 2.05) is 43.3 Å². The Kier molecular flexibility index (Phi) is 5.09. The van der Waals surface area contributed by atoms with Crippen molar-refractivity contribution in [1.29, 1.82) is 0 Å². The number of Topliss-reactive ketones (excluding diaryl/α,β-unsaturated/α-hetero) is 1. The molecule has 2 aromatic rings. The van der Waals surface area contributed by atoms with Crippen LogP contribution in [0.5, 0.6) is 17.2 Å². The third-order valence-electron chi connectivity index (χ3n) is 5.70. The molecule has 0 bridgehead atoms. The lowest BCUT2D eigenvalue weighted by molar-refractivity contribution is -0.116. The van der Waals surface area contributed by atoms with E-state index in [2.05, 4.69) is 10.6 Å². The quantitative estimate of drug-likeness (QED) is 0.804. The van der Waals surface area contributed by atoms with E-state index in [0.717, 1.165) is 28.2 Å². The van der Waals surface area contributed by atoms with Gasteiger partial charge in [0.2, 0.25) is 5.75 Å². The van der Waals surface area contributed by atoms with Crippen molar-refractivity contribution in [3.8, 4) is 17.2 Å². The van der Waals surface area contributed by atoms with Crippen LogP contribution in [0.1, 0.15) is 31.2 Å². The predicted molar refractivity (Wildman–Crippen MR) is 113 cm³/mol. The molecular weight excluding hydrogens is 368 g/mol. The number of ketones is 1. The smallest absolute Gasteiger partial charge is 0.203 e. The molecule has 1 aliphatic carbocycles. The Morgan fingerprint density at radius 2 is 1.62 bits per heavy atom. The molecule has 2 aromatic carbocycles. The highest BCUT2D eigenvalue weighted by atomic mass is 16.5. The number of fused-ring (bicyclic) bond motifs is 1. The van der Waals surface area contributed by atoms with Gasteiger partial charge in [-0.15, -0.1) is 0 Å². The Labute approximate surface area is 170 Å². The van der Waals surface area contributed by atoms with Crippen molar-refractivity contribution in [3.63, 3.8) is 0 Å². The summed E-state index contributed by atoms with van der Waals surface area (Å²) in [5.41, 5.74) is 4.73. The van der Waals surface area contributed by atoms with E-state index >= 15 is 0 Å². The third kappa shape index (κ3) is 3.28. The fourth-order valence-corrected chi connectivity index (χ4v) is 4.40. The maximum absolute atomic E-state index is 13.2. The first-order valence-corrected chi connectivity index (χ1v) is 9.75. The molecule has 0 unspecified atom stereocenters. The molecule has 0 radical (unpaired) electrons. The molecule has 2 aliphatic rings. The van der Waals surface area contributed by atoms with E-state index < -0.39 is 0 Å². The Bertz CT molecular complexity index is 983. The fraction of sp³-hybridized carbons (Fsp3) is 0.348. The van der Waals surface area contributed by atoms with Crippen LogP contribution in [-0.2, 0) is 4.79 Å². The lowest BCUT2D eigenvalue weighted by Crippen LogP contribution is -2.29. The lowest BCUT2D eigenvalue weighted by Gasteiger charge is -2.29. The zero-order valence-electron chi connectivity index (χ0n) is 17.2. The molecule has 1 heterocycles. The number of hydrogen-bond acceptors (Lipinski definition) is 6. The van der Waals surface area contributed by atoms with E-state index in [4.69, 9.17) is 14.2 Å². The molecule has 2 N–H and O–H groups in total. The molecule has 152 valence electrons. The highest BCUT2D eigenvalue weighted by Gasteiger charge is 2.35. The first-order chi connectivity index (χ1) is 14.1. The monoisotopic (exact) mass is 394 g/mol. The summed E-state index contributed by atoms with van der Waals surface area (Å²) in [6, 6.07) is 11.8. The number of ether oxygens (including phenoxy) is 3. The number of carbonyl (C=O) groups excluding carboxylic acids is 1. The molecule has 0 spiro atoms. The van der Waals surface area contributed by atoms with Crippen LogP contribution in [0.25, 0.3) is 0 Å². The largest absolute Gasteiger partial charge is 0.493 e. The van der Waals surface area contributed by atoms with Gasteiger partial charge in [-0.2, -0.15) is 0 Å². The molecule has 0 saturated heterocycles. The van der Waals surface area contributed by atoms with Crippen LogP contribution in [0.15, 0.2) is 47.7 Å². The molecule has 0 amide bonds. The second-order valence-corrected chi connectivity index (χ2v) is 7.38. The Morgan fingerprint density at radius 3 is 2.31 bits per heavy atom. The van der Waals surface area contributed by atoms with Crippen LogP contribution in [0, 0.1) is 0 Å². The fourth-order valence-electron chi connectivity index (χ4n) is 4.40. The highest BCUT2D eigenvalue weighted by molar-refractivity contribution is 6.01. The standard InChI is InChI=1S/C23H26N2O4/c1-13-21-18(25-17-8-6-5-7-16(17)24-13)11-14(12-19(21)26)15-9-10-20(27-2)23(29-4)22(15)28-3/h5-10,13-14,24-25H,11-12H2,1-4H3/t13-,14-/m1/s1. The molecule has 29 heavy (non-hydrogen) atoms. The Morgan fingerprint density at radius 1 is 0.897 bits per heavy atom. The minimum Gasteiger partial charge on any atom is -0.493 e. The summed E-state index contributed by atoms with van der Waals surface area (Å²) < 4.78 is 16.6. The van der Waals surface area contributed by atoms with Crippen molar-refractivity contribution in [2.75, 3.05) is 32.0 Å². The third-order valence-corrected chi connectivity index (χ3v) is 5.70. The van der Waals surface area contributed by atoms with Crippen LogP contribution < -0.4 is 24.8 Å². The summed E-state index contributed by atoms with van der Waals surface area (Å²) in [5, 5.41) is 6.97. The molecule has 6 heteroatoms. The first kappa shape index (κ1) is 19.2. The van der Waals surface area contributed by atoms with Gasteiger partial charge < -0.3 is 24.8 Å². The van der Waals surface area contributed by atoms with Gasteiger partial charge in [-0.25, -0.2) is 0 Å². The average Bonchev–Trinajstić information content (AvgIpc) is 2.87. The average molecular weight is 394 g/mol. The molecule has 4 rings (SSSR count). The summed E-state index contributed by atoms with van der Waals surface area (Å²) in [4.78, 5) is 13.2. The van der Waals surface area contributed by atoms with Gasteiger partial charge in [0, 0.05) is 29.2 Å². The second kappa shape index (κ2) is 7.70. The molecule has 2 atom stereocenters. The number of rotatable bonds is 4. The van der Waals surface area contributed by atoms with Crippen molar-refractivity contribution in [2.45, 2.75) is 31.7 Å². The van der Waals surface area contributed by atoms with Crippen molar-refractivity contribution in [2.24, 2.45) is 0 Å². The van der Waals surface area contributed by atoms with Crippen molar-refractivity contribution < 1.29 is 19.0 Å². The zero-order valence-corrected chi connectivity index (χ0v) is 17.2. The second-order valence-electron chi connectivity index (χ2n) is 7.38. The van der Waals surface area contributed by atoms with Crippen LogP contribution in [0.4, 0.5) is 11.4 Å². The number of methoxy groups -OCH3 is 3. The number of carbonyl (C=O) groups is 1.